The lowest BCUT2D eigenvalue weighted by molar-refractivity contribution is 0.0600. The first-order valence-electron chi connectivity index (χ1n) is 5.98. The Hall–Kier alpha value is -1.86. The number of nitrogens with one attached hydrogen (secondary N) is 1. The third-order valence-electron chi connectivity index (χ3n) is 2.80. The topological polar surface area (TPSA) is 62.1 Å². The summed E-state index contributed by atoms with van der Waals surface area (Å²) in [4.78, 5) is 11.2. The molecule has 0 aliphatic rings. The summed E-state index contributed by atoms with van der Waals surface area (Å²) in [5.41, 5.74) is 1.63. The van der Waals surface area contributed by atoms with E-state index in [1.165, 1.54) is 7.11 Å². The van der Waals surface area contributed by atoms with Gasteiger partial charge in [0.25, 0.3) is 0 Å². The first-order chi connectivity index (χ1) is 8.71. The van der Waals surface area contributed by atoms with Crippen molar-refractivity contribution in [2.24, 2.45) is 0 Å². The van der Waals surface area contributed by atoms with Crippen molar-refractivity contribution in [3.05, 3.63) is 35.4 Å². The maximum Gasteiger partial charge on any atom is 0.337 e. The minimum atomic E-state index is -0.328. The molecular formula is C14H18N2O2. The van der Waals surface area contributed by atoms with E-state index in [1.807, 2.05) is 12.1 Å². The summed E-state index contributed by atoms with van der Waals surface area (Å²) >= 11 is 0. The molecule has 0 aromatic heterocycles. The van der Waals surface area contributed by atoms with Gasteiger partial charge in [-0.25, -0.2) is 4.79 Å². The summed E-state index contributed by atoms with van der Waals surface area (Å²) < 4.78 is 4.63. The fourth-order valence-electron chi connectivity index (χ4n) is 1.61. The summed E-state index contributed by atoms with van der Waals surface area (Å²) in [6, 6.07) is 9.64. The van der Waals surface area contributed by atoms with E-state index in [1.54, 1.807) is 12.1 Å². The van der Waals surface area contributed by atoms with E-state index < -0.39 is 0 Å². The van der Waals surface area contributed by atoms with Gasteiger partial charge in [-0.1, -0.05) is 19.1 Å². The molecule has 1 aromatic carbocycles. The number of nitriles is 1. The second-order valence-corrected chi connectivity index (χ2v) is 4.04. The van der Waals surface area contributed by atoms with Crippen LogP contribution in [0.4, 0.5) is 0 Å². The van der Waals surface area contributed by atoms with Crippen molar-refractivity contribution >= 4 is 5.97 Å². The van der Waals surface area contributed by atoms with Crippen molar-refractivity contribution in [2.45, 2.75) is 32.4 Å². The van der Waals surface area contributed by atoms with Crippen molar-refractivity contribution in [2.75, 3.05) is 7.11 Å². The van der Waals surface area contributed by atoms with Gasteiger partial charge in [0.15, 0.2) is 0 Å². The Balaban J connectivity index is 2.54. The van der Waals surface area contributed by atoms with E-state index in [-0.39, 0.29) is 12.0 Å². The zero-order chi connectivity index (χ0) is 13.4. The Morgan fingerprint density at radius 1 is 1.44 bits per heavy atom. The maximum absolute atomic E-state index is 11.2. The van der Waals surface area contributed by atoms with Crippen LogP contribution in [0.5, 0.6) is 0 Å². The van der Waals surface area contributed by atoms with Crippen LogP contribution in [0.2, 0.25) is 0 Å². The summed E-state index contributed by atoms with van der Waals surface area (Å²) in [6.07, 6.45) is 1.44. The van der Waals surface area contributed by atoms with E-state index in [2.05, 4.69) is 23.0 Å². The molecule has 18 heavy (non-hydrogen) atoms. The highest BCUT2D eigenvalue weighted by molar-refractivity contribution is 5.89. The van der Waals surface area contributed by atoms with Crippen LogP contribution in [0.3, 0.4) is 0 Å². The minimum absolute atomic E-state index is 0.218. The highest BCUT2D eigenvalue weighted by atomic mass is 16.5. The molecule has 4 nitrogen and oxygen atoms in total. The fourth-order valence-corrected chi connectivity index (χ4v) is 1.61. The largest absolute Gasteiger partial charge is 0.465 e. The molecule has 0 bridgehead atoms. The number of hydrogen-bond acceptors (Lipinski definition) is 4. The van der Waals surface area contributed by atoms with Crippen molar-refractivity contribution in [1.29, 1.82) is 5.26 Å². The predicted octanol–water partition coefficient (Wildman–Crippen LogP) is 2.26. The molecule has 4 heteroatoms. The number of nitrogens with zero attached hydrogens (tertiary/aromatic N) is 1. The third-order valence-corrected chi connectivity index (χ3v) is 2.80. The molecule has 0 saturated heterocycles. The zero-order valence-corrected chi connectivity index (χ0v) is 10.8. The zero-order valence-electron chi connectivity index (χ0n) is 10.8. The molecule has 1 N–H and O–H groups in total. The average molecular weight is 246 g/mol. The lowest BCUT2D eigenvalue weighted by Gasteiger charge is -2.13. The van der Waals surface area contributed by atoms with Crippen LogP contribution in [0, 0.1) is 11.3 Å². The number of benzene rings is 1. The minimum Gasteiger partial charge on any atom is -0.465 e. The molecule has 1 unspecified atom stereocenters. The van der Waals surface area contributed by atoms with Crippen molar-refractivity contribution in [3.63, 3.8) is 0 Å². The number of carbonyl (C=O) groups is 1. The number of esters is 1. The summed E-state index contributed by atoms with van der Waals surface area (Å²) in [5, 5.41) is 12.0. The van der Waals surface area contributed by atoms with Crippen LogP contribution >= 0.6 is 0 Å². The summed E-state index contributed by atoms with van der Waals surface area (Å²) in [6.45, 7) is 2.75. The quantitative estimate of drug-likeness (QED) is 0.782. The first-order valence-corrected chi connectivity index (χ1v) is 5.98. The van der Waals surface area contributed by atoms with Gasteiger partial charge < -0.3 is 10.1 Å². The number of carbonyl (C=O) groups excluding carboxylic acids is 1. The van der Waals surface area contributed by atoms with Crippen LogP contribution in [0.15, 0.2) is 24.3 Å². The van der Waals surface area contributed by atoms with E-state index >= 15 is 0 Å². The van der Waals surface area contributed by atoms with E-state index in [4.69, 9.17) is 5.26 Å². The molecule has 0 fully saturated rings. The van der Waals surface area contributed by atoms with Gasteiger partial charge in [-0.05, 0) is 24.1 Å². The van der Waals surface area contributed by atoms with Crippen molar-refractivity contribution < 1.29 is 9.53 Å². The van der Waals surface area contributed by atoms with Gasteiger partial charge in [-0.2, -0.15) is 5.26 Å². The van der Waals surface area contributed by atoms with Crippen molar-refractivity contribution in [1.82, 2.24) is 5.32 Å². The number of rotatable bonds is 6. The molecule has 0 radical (unpaired) electrons. The van der Waals surface area contributed by atoms with Gasteiger partial charge in [0.2, 0.25) is 0 Å². The van der Waals surface area contributed by atoms with E-state index in [9.17, 15) is 4.79 Å². The molecule has 96 valence electrons. The monoisotopic (exact) mass is 246 g/mol. The van der Waals surface area contributed by atoms with Gasteiger partial charge in [0, 0.05) is 12.6 Å². The summed E-state index contributed by atoms with van der Waals surface area (Å²) in [5.74, 6) is -0.328. The van der Waals surface area contributed by atoms with Crippen molar-refractivity contribution in [3.8, 4) is 6.07 Å². The Bertz CT molecular complexity index is 420. The SMILES string of the molecule is CCC(CC#N)NCc1ccc(C(=O)OC)cc1. The van der Waals surface area contributed by atoms with Gasteiger partial charge in [0.05, 0.1) is 25.2 Å². The molecule has 1 aromatic rings. The highest BCUT2D eigenvalue weighted by Crippen LogP contribution is 2.06. The number of hydrogen-bond donors (Lipinski definition) is 1. The Labute approximate surface area is 108 Å². The lowest BCUT2D eigenvalue weighted by atomic mass is 10.1. The van der Waals surface area contributed by atoms with Gasteiger partial charge in [0.1, 0.15) is 0 Å². The first kappa shape index (κ1) is 14.2. The number of methoxy groups -OCH3 is 1. The Morgan fingerprint density at radius 2 is 2.11 bits per heavy atom. The molecule has 1 atom stereocenters. The Kier molecular flexibility index (Phi) is 5.89. The average Bonchev–Trinajstić information content (AvgIpc) is 2.43. The fraction of sp³-hybridized carbons (Fsp3) is 0.429. The van der Waals surface area contributed by atoms with E-state index in [0.29, 0.717) is 18.5 Å². The molecule has 0 heterocycles. The van der Waals surface area contributed by atoms with Gasteiger partial charge in [-0.15, -0.1) is 0 Å². The number of ether oxygens (including phenoxy) is 1. The molecule has 0 amide bonds. The van der Waals surface area contributed by atoms with Crippen LogP contribution in [-0.2, 0) is 11.3 Å². The van der Waals surface area contributed by atoms with Crippen LogP contribution in [0.25, 0.3) is 0 Å². The maximum atomic E-state index is 11.2. The third kappa shape index (κ3) is 4.19. The molecule has 1 rings (SSSR count). The molecule has 0 aliphatic heterocycles. The van der Waals surface area contributed by atoms with Gasteiger partial charge >= 0.3 is 5.97 Å². The molecule has 0 aliphatic carbocycles. The standard InChI is InChI=1S/C14H18N2O2/c1-3-13(8-9-15)16-10-11-4-6-12(7-5-11)14(17)18-2/h4-7,13,16H,3,8,10H2,1-2H3. The highest BCUT2D eigenvalue weighted by Gasteiger charge is 2.06. The normalized spacial score (nSPS) is 11.6. The van der Waals surface area contributed by atoms with Crippen LogP contribution in [0.1, 0.15) is 35.7 Å². The summed E-state index contributed by atoms with van der Waals surface area (Å²) in [7, 11) is 1.37. The predicted molar refractivity (Wildman–Crippen MR) is 68.9 cm³/mol. The van der Waals surface area contributed by atoms with Crippen LogP contribution < -0.4 is 5.32 Å². The van der Waals surface area contributed by atoms with Gasteiger partial charge in [-0.3, -0.25) is 0 Å². The Morgan fingerprint density at radius 3 is 2.61 bits per heavy atom. The van der Waals surface area contributed by atoms with E-state index in [0.717, 1.165) is 12.0 Å². The lowest BCUT2D eigenvalue weighted by Crippen LogP contribution is -2.27. The molecule has 0 spiro atoms. The second-order valence-electron chi connectivity index (χ2n) is 4.04. The molecule has 0 saturated carbocycles. The molecular weight excluding hydrogens is 228 g/mol. The second kappa shape index (κ2) is 7.46. The smallest absolute Gasteiger partial charge is 0.337 e. The van der Waals surface area contributed by atoms with Crippen LogP contribution in [-0.4, -0.2) is 19.1 Å².